The first-order valence-electron chi connectivity index (χ1n) is 10.7. The van der Waals surface area contributed by atoms with Crippen LogP contribution >= 0.6 is 0 Å². The highest BCUT2D eigenvalue weighted by Crippen LogP contribution is 2.30. The number of phenols is 1. The van der Waals surface area contributed by atoms with Gasteiger partial charge < -0.3 is 10.2 Å². The number of nitrogens with zero attached hydrogens (tertiary/aromatic N) is 6. The quantitative estimate of drug-likeness (QED) is 0.280. The molecule has 0 aliphatic rings. The van der Waals surface area contributed by atoms with Crippen LogP contribution in [-0.4, -0.2) is 40.2 Å². The third kappa shape index (κ3) is 3.81. The summed E-state index contributed by atoms with van der Waals surface area (Å²) in [4.78, 5) is 2.83. The maximum absolute atomic E-state index is 11.1. The van der Waals surface area contributed by atoms with Crippen molar-refractivity contribution in [3.8, 4) is 11.4 Å². The van der Waals surface area contributed by atoms with Gasteiger partial charge in [0.25, 0.3) is 0 Å². The Hall–Kier alpha value is -4.72. The molecule has 2 heterocycles. The molecule has 0 atom stereocenters. The fourth-order valence-electron chi connectivity index (χ4n) is 3.76. The highest BCUT2D eigenvalue weighted by molar-refractivity contribution is 5.75. The van der Waals surface area contributed by atoms with Crippen LogP contribution in [0.15, 0.2) is 96.8 Å². The van der Waals surface area contributed by atoms with Crippen LogP contribution < -0.4 is 0 Å². The van der Waals surface area contributed by atoms with E-state index in [1.165, 1.54) is 9.59 Å². The summed E-state index contributed by atoms with van der Waals surface area (Å²) < 4.78 is 0. The zero-order chi connectivity index (χ0) is 23.7. The van der Waals surface area contributed by atoms with Crippen molar-refractivity contribution in [2.75, 3.05) is 0 Å². The number of aliphatic hydroxyl groups excluding tert-OH is 1. The number of rotatable bonds is 6. The van der Waals surface area contributed by atoms with Gasteiger partial charge in [-0.2, -0.15) is 4.80 Å². The summed E-state index contributed by atoms with van der Waals surface area (Å²) in [6, 6.07) is 20.4. The van der Waals surface area contributed by atoms with Crippen molar-refractivity contribution in [1.82, 2.24) is 30.0 Å². The van der Waals surface area contributed by atoms with E-state index in [1.54, 1.807) is 31.2 Å². The van der Waals surface area contributed by atoms with E-state index in [2.05, 4.69) is 27.0 Å². The highest BCUT2D eigenvalue weighted by Gasteiger charge is 2.17. The molecule has 3 aromatic carbocycles. The van der Waals surface area contributed by atoms with E-state index in [9.17, 15) is 10.2 Å². The average Bonchev–Trinajstić information content (AvgIpc) is 3.48. The van der Waals surface area contributed by atoms with Crippen LogP contribution in [0.1, 0.15) is 12.5 Å². The van der Waals surface area contributed by atoms with E-state index in [4.69, 9.17) is 0 Å². The molecule has 0 amide bonds. The predicted octanol–water partition coefficient (Wildman–Crippen LogP) is 4.97. The number of phenolic OH excluding ortho intramolecular Hbond substituents is 1. The van der Waals surface area contributed by atoms with Crippen LogP contribution in [-0.2, 0) is 6.42 Å². The van der Waals surface area contributed by atoms with Gasteiger partial charge in [0.2, 0.25) is 0 Å². The number of fused-ring (bicyclic) bond motifs is 2. The molecule has 2 aromatic heterocycles. The molecule has 0 unspecified atom stereocenters. The molecule has 0 spiro atoms. The van der Waals surface area contributed by atoms with Gasteiger partial charge in [-0.3, -0.25) is 0 Å². The lowest BCUT2D eigenvalue weighted by Crippen LogP contribution is -2.06. The molecule has 0 fully saturated rings. The third-order valence-corrected chi connectivity index (χ3v) is 5.53. The zero-order valence-corrected chi connectivity index (χ0v) is 18.5. The molecule has 5 aromatic rings. The summed E-state index contributed by atoms with van der Waals surface area (Å²) in [5.74, 6) is 0.0409. The molecule has 0 aliphatic heterocycles. The van der Waals surface area contributed by atoms with Crippen LogP contribution in [0.25, 0.3) is 33.5 Å². The molecule has 2 N–H and O–H groups in total. The fourth-order valence-corrected chi connectivity index (χ4v) is 3.76. The first-order chi connectivity index (χ1) is 16.5. The third-order valence-electron chi connectivity index (χ3n) is 5.53. The van der Waals surface area contributed by atoms with E-state index < -0.39 is 0 Å². The van der Waals surface area contributed by atoms with Gasteiger partial charge in [0.15, 0.2) is 0 Å². The van der Waals surface area contributed by atoms with Gasteiger partial charge in [-0.25, -0.2) is 0 Å². The Balaban J connectivity index is 1.51. The Morgan fingerprint density at radius 3 is 1.97 bits per heavy atom. The van der Waals surface area contributed by atoms with Crippen molar-refractivity contribution in [3.05, 3.63) is 102 Å². The van der Waals surface area contributed by atoms with Gasteiger partial charge >= 0.3 is 0 Å². The van der Waals surface area contributed by atoms with Gasteiger partial charge in [-0.1, -0.05) is 55.1 Å². The van der Waals surface area contributed by atoms with Crippen LogP contribution in [0.3, 0.4) is 0 Å². The van der Waals surface area contributed by atoms with Crippen molar-refractivity contribution in [1.29, 1.82) is 0 Å². The van der Waals surface area contributed by atoms with Gasteiger partial charge in [0, 0.05) is 17.6 Å². The number of hydrogen-bond donors (Lipinski definition) is 2. The molecule has 34 heavy (non-hydrogen) atoms. The standard InChI is InChI=1S/C26H22N6O2/c1-3-9-18(25(33)17(2)31-27-20-11-4-5-12-21(20)28-31)16-19-10-8-15-24(26(19)34)32-29-22-13-6-7-14-23(22)30-32/h3-15,33-34H,1,16H2,2H3/b18-9-,25-17-. The molecule has 0 radical (unpaired) electrons. The maximum atomic E-state index is 11.1. The summed E-state index contributed by atoms with van der Waals surface area (Å²) in [5, 5.41) is 39.9. The average molecular weight is 451 g/mol. The lowest BCUT2D eigenvalue weighted by Gasteiger charge is -2.13. The maximum Gasteiger partial charge on any atom is 0.146 e. The first kappa shape index (κ1) is 21.1. The molecule has 0 saturated carbocycles. The minimum atomic E-state index is 0.00737. The zero-order valence-electron chi connectivity index (χ0n) is 18.5. The summed E-state index contributed by atoms with van der Waals surface area (Å²) in [5.41, 5.74) is 4.99. The van der Waals surface area contributed by atoms with Gasteiger partial charge in [-0.15, -0.1) is 25.2 Å². The topological polar surface area (TPSA) is 102 Å². The Morgan fingerprint density at radius 1 is 0.853 bits per heavy atom. The predicted molar refractivity (Wildman–Crippen MR) is 132 cm³/mol. The number of para-hydroxylation sites is 1. The molecule has 0 aliphatic carbocycles. The molecule has 0 bridgehead atoms. The lowest BCUT2D eigenvalue weighted by atomic mass is 10.0. The molecule has 8 heteroatoms. The van der Waals surface area contributed by atoms with E-state index in [1.807, 2.05) is 54.6 Å². The highest BCUT2D eigenvalue weighted by atomic mass is 16.3. The van der Waals surface area contributed by atoms with Gasteiger partial charge in [-0.05, 0) is 37.3 Å². The molecular weight excluding hydrogens is 428 g/mol. The van der Waals surface area contributed by atoms with Crippen molar-refractivity contribution in [3.63, 3.8) is 0 Å². The van der Waals surface area contributed by atoms with Crippen molar-refractivity contribution in [2.24, 2.45) is 0 Å². The fraction of sp³-hybridized carbons (Fsp3) is 0.0769. The molecule has 8 nitrogen and oxygen atoms in total. The second-order valence-electron chi connectivity index (χ2n) is 7.78. The number of benzene rings is 3. The molecule has 0 saturated heterocycles. The van der Waals surface area contributed by atoms with Crippen LogP contribution in [0.5, 0.6) is 5.75 Å². The summed E-state index contributed by atoms with van der Waals surface area (Å²) in [6.45, 7) is 5.51. The van der Waals surface area contributed by atoms with E-state index in [-0.39, 0.29) is 17.9 Å². The Morgan fingerprint density at radius 2 is 1.41 bits per heavy atom. The van der Waals surface area contributed by atoms with Crippen molar-refractivity contribution >= 4 is 27.8 Å². The van der Waals surface area contributed by atoms with Crippen LogP contribution in [0, 0.1) is 0 Å². The summed E-state index contributed by atoms with van der Waals surface area (Å²) in [6.07, 6.45) is 3.54. The lowest BCUT2D eigenvalue weighted by molar-refractivity contribution is 0.416. The second-order valence-corrected chi connectivity index (χ2v) is 7.78. The molecule has 168 valence electrons. The first-order valence-corrected chi connectivity index (χ1v) is 10.7. The minimum Gasteiger partial charge on any atom is -0.506 e. The normalized spacial score (nSPS) is 12.8. The second kappa shape index (κ2) is 8.67. The monoisotopic (exact) mass is 450 g/mol. The number of aromatic hydroxyl groups is 1. The summed E-state index contributed by atoms with van der Waals surface area (Å²) in [7, 11) is 0. The molecular formula is C26H22N6O2. The van der Waals surface area contributed by atoms with Crippen molar-refractivity contribution in [2.45, 2.75) is 13.3 Å². The Labute approximate surface area is 195 Å². The minimum absolute atomic E-state index is 0.00737. The van der Waals surface area contributed by atoms with E-state index in [0.29, 0.717) is 22.5 Å². The van der Waals surface area contributed by atoms with Crippen LogP contribution in [0.4, 0.5) is 0 Å². The number of allylic oxidation sites excluding steroid dienone is 4. The SMILES string of the molecule is C=C/C=C(Cc1cccc(-n2nc3ccccc3n2)c1O)\C(O)=C(/C)n1nc2ccccc2n1. The Bertz CT molecular complexity index is 1530. The van der Waals surface area contributed by atoms with Crippen molar-refractivity contribution < 1.29 is 10.2 Å². The smallest absolute Gasteiger partial charge is 0.146 e. The largest absolute Gasteiger partial charge is 0.506 e. The van der Waals surface area contributed by atoms with Gasteiger partial charge in [0.1, 0.15) is 45.0 Å². The summed E-state index contributed by atoms with van der Waals surface area (Å²) >= 11 is 0. The number of aromatic nitrogens is 6. The van der Waals surface area contributed by atoms with E-state index >= 15 is 0 Å². The molecule has 5 rings (SSSR count). The Kier molecular flexibility index (Phi) is 5.39. The number of aliphatic hydroxyl groups is 1. The number of hydrogen-bond acceptors (Lipinski definition) is 6. The van der Waals surface area contributed by atoms with E-state index in [0.717, 1.165) is 22.1 Å². The van der Waals surface area contributed by atoms with Crippen LogP contribution in [0.2, 0.25) is 0 Å². The van der Waals surface area contributed by atoms with Gasteiger partial charge in [0.05, 0.1) is 0 Å².